The van der Waals surface area contributed by atoms with Crippen molar-refractivity contribution in [2.75, 3.05) is 0 Å². The molecule has 4 rings (SSSR count). The summed E-state index contributed by atoms with van der Waals surface area (Å²) in [4.78, 5) is -1.88. The van der Waals surface area contributed by atoms with Crippen molar-refractivity contribution < 1.29 is 48.1 Å². The van der Waals surface area contributed by atoms with Crippen LogP contribution in [-0.2, 0) is 37.3 Å². The molecule has 0 spiro atoms. The molecule has 0 aromatic heterocycles. The number of fused-ring (bicyclic) bond motifs is 2. The second kappa shape index (κ2) is 8.58. The quantitative estimate of drug-likeness (QED) is 0.249. The van der Waals surface area contributed by atoms with Crippen LogP contribution in [0.2, 0.25) is 0 Å². The van der Waals surface area contributed by atoms with E-state index in [4.69, 9.17) is 0 Å². The van der Waals surface area contributed by atoms with E-state index in [-0.39, 0.29) is 33.5 Å². The first kappa shape index (κ1) is 23.8. The first-order chi connectivity index (χ1) is 14.6. The van der Waals surface area contributed by atoms with Crippen molar-refractivity contribution in [1.29, 1.82) is 0 Å². The second-order valence-corrected chi connectivity index (χ2v) is 9.24. The molecule has 163 valence electrons. The zero-order valence-electron chi connectivity index (χ0n) is 15.8. The minimum Gasteiger partial charge on any atom is -0.871 e. The van der Waals surface area contributed by atoms with Crippen molar-refractivity contribution in [3.8, 4) is 5.75 Å². The molecular formula is C20H12MnN2O7S2. The third-order valence-corrected chi connectivity index (χ3v) is 6.36. The van der Waals surface area contributed by atoms with Crippen molar-refractivity contribution in [3.05, 3.63) is 66.7 Å². The fourth-order valence-corrected chi connectivity index (χ4v) is 4.84. The topological polar surface area (TPSA) is 159 Å². The van der Waals surface area contributed by atoms with E-state index in [0.717, 1.165) is 6.07 Å². The molecule has 0 saturated carbocycles. The van der Waals surface area contributed by atoms with Gasteiger partial charge >= 0.3 is 17.1 Å². The van der Waals surface area contributed by atoms with E-state index in [0.29, 0.717) is 10.8 Å². The van der Waals surface area contributed by atoms with Crippen LogP contribution in [0.5, 0.6) is 5.75 Å². The van der Waals surface area contributed by atoms with E-state index in [1.807, 2.05) is 0 Å². The van der Waals surface area contributed by atoms with E-state index in [9.17, 15) is 31.0 Å². The maximum atomic E-state index is 12.3. The summed E-state index contributed by atoms with van der Waals surface area (Å²) in [5.74, 6) is -0.553. The fraction of sp³-hybridized carbons (Fsp3) is 0. The molecule has 1 N–H and O–H groups in total. The van der Waals surface area contributed by atoms with Gasteiger partial charge in [0.15, 0.2) is 0 Å². The molecule has 0 fully saturated rings. The third kappa shape index (κ3) is 4.37. The summed E-state index contributed by atoms with van der Waals surface area (Å²) in [6.07, 6.45) is 0. The van der Waals surface area contributed by atoms with Gasteiger partial charge in [-0.1, -0.05) is 66.4 Å². The minimum absolute atomic E-state index is 0. The zero-order valence-corrected chi connectivity index (χ0v) is 18.6. The van der Waals surface area contributed by atoms with Crippen LogP contribution in [0, 0.1) is 0 Å². The molecule has 1 radical (unpaired) electrons. The molecule has 0 aliphatic carbocycles. The van der Waals surface area contributed by atoms with Gasteiger partial charge in [0.25, 0.3) is 10.1 Å². The first-order valence-electron chi connectivity index (χ1n) is 8.67. The smallest absolute Gasteiger partial charge is 0.871 e. The van der Waals surface area contributed by atoms with Crippen LogP contribution in [-0.4, -0.2) is 25.9 Å². The summed E-state index contributed by atoms with van der Waals surface area (Å²) in [5, 5.41) is 20.8. The van der Waals surface area contributed by atoms with Crippen LogP contribution < -0.4 is 5.11 Å². The van der Waals surface area contributed by atoms with Gasteiger partial charge in [-0.2, -0.15) is 13.5 Å². The average Bonchev–Trinajstić information content (AvgIpc) is 2.70. The van der Waals surface area contributed by atoms with Crippen LogP contribution in [0.1, 0.15) is 0 Å². The van der Waals surface area contributed by atoms with Gasteiger partial charge in [0.05, 0.1) is 10.6 Å². The average molecular weight is 511 g/mol. The Labute approximate surface area is 193 Å². The van der Waals surface area contributed by atoms with Crippen molar-refractivity contribution in [1.82, 2.24) is 0 Å². The van der Waals surface area contributed by atoms with E-state index < -0.39 is 41.5 Å². The fourth-order valence-electron chi connectivity index (χ4n) is 3.26. The molecule has 0 atom stereocenters. The van der Waals surface area contributed by atoms with Crippen molar-refractivity contribution in [2.24, 2.45) is 10.2 Å². The number of benzene rings is 4. The summed E-state index contributed by atoms with van der Waals surface area (Å²) in [6.45, 7) is 0. The predicted molar refractivity (Wildman–Crippen MR) is 109 cm³/mol. The second-order valence-electron chi connectivity index (χ2n) is 6.54. The number of rotatable bonds is 4. The van der Waals surface area contributed by atoms with Gasteiger partial charge in [0.2, 0.25) is 0 Å². The molecule has 0 unspecified atom stereocenters. The van der Waals surface area contributed by atoms with Crippen molar-refractivity contribution in [2.45, 2.75) is 9.79 Å². The van der Waals surface area contributed by atoms with E-state index in [1.165, 1.54) is 30.3 Å². The minimum atomic E-state index is -5.22. The van der Waals surface area contributed by atoms with Gasteiger partial charge in [0.1, 0.15) is 20.7 Å². The Morgan fingerprint density at radius 2 is 1.31 bits per heavy atom. The number of azo groups is 1. The molecule has 0 aliphatic rings. The third-order valence-electron chi connectivity index (χ3n) is 4.58. The molecule has 0 heterocycles. The van der Waals surface area contributed by atoms with E-state index in [1.54, 1.807) is 30.3 Å². The van der Waals surface area contributed by atoms with Crippen LogP contribution >= 0.6 is 0 Å². The number of hydrogen-bond donors (Lipinski definition) is 1. The standard InChI is InChI=1S/C20H14N2O7S2.Mn/c23-16-10-9-12-5-1-3-7-14(12)18(16)21-22-19-17(30(24,25)26)11-13-6-2-4-8-15(13)20(19)31(27,28)29;/h1-11,23H,(H,24,25,26)(H,27,28,29);/q;+2/p-2. The Bertz CT molecular complexity index is 1600. The summed E-state index contributed by atoms with van der Waals surface area (Å²) in [6, 6.07) is 16.1. The molecule has 4 aromatic carbocycles. The molecule has 0 saturated heterocycles. The van der Waals surface area contributed by atoms with E-state index >= 15 is 0 Å². The molecule has 4 aromatic rings. The maximum Gasteiger partial charge on any atom is 2.00 e. The molecule has 0 aliphatic heterocycles. The van der Waals surface area contributed by atoms with Gasteiger partial charge in [-0.3, -0.25) is 4.55 Å². The Morgan fingerprint density at radius 3 is 1.94 bits per heavy atom. The monoisotopic (exact) mass is 511 g/mol. The van der Waals surface area contributed by atoms with Crippen LogP contribution in [0.15, 0.2) is 86.7 Å². The summed E-state index contributed by atoms with van der Waals surface area (Å²) < 4.78 is 69.7. The van der Waals surface area contributed by atoms with Crippen LogP contribution in [0.3, 0.4) is 0 Å². The largest absolute Gasteiger partial charge is 2.00 e. The Morgan fingerprint density at radius 1 is 0.750 bits per heavy atom. The number of hydrogen-bond acceptors (Lipinski definition) is 8. The maximum absolute atomic E-state index is 12.3. The van der Waals surface area contributed by atoms with Gasteiger partial charge in [-0.25, -0.2) is 8.42 Å². The van der Waals surface area contributed by atoms with Crippen LogP contribution in [0.4, 0.5) is 11.4 Å². The first-order valence-corrected chi connectivity index (χ1v) is 11.5. The molecule has 32 heavy (non-hydrogen) atoms. The molecular weight excluding hydrogens is 499 g/mol. The van der Waals surface area contributed by atoms with Crippen molar-refractivity contribution >= 4 is 53.2 Å². The summed E-state index contributed by atoms with van der Waals surface area (Å²) >= 11 is 0. The Kier molecular flexibility index (Phi) is 6.38. The molecule has 12 heteroatoms. The zero-order chi connectivity index (χ0) is 22.4. The molecule has 9 nitrogen and oxygen atoms in total. The Hall–Kier alpha value is -2.86. The summed E-state index contributed by atoms with van der Waals surface area (Å²) in [7, 11) is -10.3. The molecule has 0 amide bonds. The van der Waals surface area contributed by atoms with Gasteiger partial charge in [-0.15, -0.1) is 5.11 Å². The Balaban J connectivity index is 0.00000289. The normalized spacial score (nSPS) is 12.3. The van der Waals surface area contributed by atoms with E-state index in [2.05, 4.69) is 10.2 Å². The van der Waals surface area contributed by atoms with Crippen molar-refractivity contribution in [3.63, 3.8) is 0 Å². The van der Waals surface area contributed by atoms with Gasteiger partial charge in [-0.05, 0) is 16.8 Å². The summed E-state index contributed by atoms with van der Waals surface area (Å²) in [5.41, 5.74) is -1.05. The van der Waals surface area contributed by atoms with Gasteiger partial charge in [0, 0.05) is 10.8 Å². The molecule has 0 bridgehead atoms. The predicted octanol–water partition coefficient (Wildman–Crippen LogP) is 3.63. The van der Waals surface area contributed by atoms with Crippen LogP contribution in [0.25, 0.3) is 21.5 Å². The number of nitrogens with zero attached hydrogens (tertiary/aromatic N) is 2. The SMILES string of the molecule is O=S(=O)([O-])c1cc2ccccc2c(S(=O)(=O)O)c1N=Nc1c([O-])ccc2ccccc12.[Mn+2]. The van der Waals surface area contributed by atoms with Gasteiger partial charge < -0.3 is 9.66 Å².